The van der Waals surface area contributed by atoms with Crippen molar-refractivity contribution in [2.24, 2.45) is 4.99 Å². The van der Waals surface area contributed by atoms with Crippen LogP contribution >= 0.6 is 23.1 Å². The molecule has 1 saturated heterocycles. The number of amidine groups is 1. The largest absolute Gasteiger partial charge is 0.326 e. The Morgan fingerprint density at radius 2 is 1.97 bits per heavy atom. The van der Waals surface area contributed by atoms with Crippen LogP contribution in [0.15, 0.2) is 53.5 Å². The minimum Gasteiger partial charge on any atom is -0.326 e. The zero-order chi connectivity index (χ0) is 20.4. The minimum absolute atomic E-state index is 0.0858. The quantitative estimate of drug-likeness (QED) is 0.650. The van der Waals surface area contributed by atoms with Gasteiger partial charge in [0.05, 0.1) is 10.2 Å². The number of carbonyl (C=O) groups excluding carboxylic acids is 2. The maximum Gasteiger partial charge on any atom is 0.242 e. The van der Waals surface area contributed by atoms with E-state index >= 15 is 0 Å². The van der Waals surface area contributed by atoms with Crippen molar-refractivity contribution in [2.75, 3.05) is 11.9 Å². The van der Waals surface area contributed by atoms with Gasteiger partial charge in [-0.2, -0.15) is 4.99 Å². The van der Waals surface area contributed by atoms with Gasteiger partial charge in [0.25, 0.3) is 0 Å². The van der Waals surface area contributed by atoms with E-state index in [0.29, 0.717) is 16.8 Å². The Kier molecular flexibility index (Phi) is 5.64. The van der Waals surface area contributed by atoms with Crippen molar-refractivity contribution in [1.29, 1.82) is 0 Å². The number of aryl methyl sites for hydroxylation is 1. The maximum atomic E-state index is 12.8. The van der Waals surface area contributed by atoms with Crippen LogP contribution in [-0.4, -0.2) is 38.7 Å². The molecule has 2 aromatic carbocycles. The molecule has 3 aromatic rings. The van der Waals surface area contributed by atoms with Crippen LogP contribution in [-0.2, 0) is 9.59 Å². The molecule has 8 heteroatoms. The van der Waals surface area contributed by atoms with Crippen molar-refractivity contribution in [3.05, 3.63) is 54.1 Å². The number of rotatable bonds is 5. The van der Waals surface area contributed by atoms with Crippen molar-refractivity contribution < 1.29 is 9.59 Å². The molecule has 1 aliphatic rings. The molecular weight excluding hydrogens is 404 g/mol. The summed E-state index contributed by atoms with van der Waals surface area (Å²) >= 11 is 2.82. The average molecular weight is 425 g/mol. The Bertz CT molecular complexity index is 1080. The van der Waals surface area contributed by atoms with Crippen molar-refractivity contribution >= 4 is 61.1 Å². The Morgan fingerprint density at radius 1 is 1.21 bits per heavy atom. The second kappa shape index (κ2) is 8.34. The first-order valence-corrected chi connectivity index (χ1v) is 11.0. The van der Waals surface area contributed by atoms with Gasteiger partial charge in [-0.1, -0.05) is 53.4 Å². The summed E-state index contributed by atoms with van der Waals surface area (Å²) < 4.78 is 1.05. The lowest BCUT2D eigenvalue weighted by molar-refractivity contribution is -0.128. The second-order valence-corrected chi connectivity index (χ2v) is 8.79. The molecule has 148 valence electrons. The number of benzene rings is 2. The topological polar surface area (TPSA) is 74.7 Å². The lowest BCUT2D eigenvalue weighted by Gasteiger charge is -2.13. The van der Waals surface area contributed by atoms with Crippen molar-refractivity contribution in [1.82, 2.24) is 9.88 Å². The van der Waals surface area contributed by atoms with Crippen molar-refractivity contribution in [3.63, 3.8) is 0 Å². The first kappa shape index (κ1) is 19.6. The summed E-state index contributed by atoms with van der Waals surface area (Å²) in [5.74, 6) is -0.264. The van der Waals surface area contributed by atoms with Crippen LogP contribution < -0.4 is 5.32 Å². The fraction of sp³-hybridized carbons (Fsp3) is 0.238. The van der Waals surface area contributed by atoms with Gasteiger partial charge in [0.1, 0.15) is 5.25 Å². The third kappa shape index (κ3) is 4.18. The van der Waals surface area contributed by atoms with E-state index in [1.165, 1.54) is 23.1 Å². The van der Waals surface area contributed by atoms with Crippen LogP contribution in [0.2, 0.25) is 0 Å². The molecule has 1 aromatic heterocycles. The molecule has 1 N–H and O–H groups in total. The van der Waals surface area contributed by atoms with Crippen LogP contribution in [0.5, 0.6) is 0 Å². The highest BCUT2D eigenvalue weighted by Crippen LogP contribution is 2.34. The van der Waals surface area contributed by atoms with Gasteiger partial charge >= 0.3 is 0 Å². The van der Waals surface area contributed by atoms with Gasteiger partial charge in [-0.25, -0.2) is 4.98 Å². The van der Waals surface area contributed by atoms with Crippen LogP contribution in [0.1, 0.15) is 18.9 Å². The number of aliphatic imine (C=N–C) groups is 1. The fourth-order valence-corrected chi connectivity index (χ4v) is 5.19. The molecule has 1 aliphatic heterocycles. The number of hydrogen-bond acceptors (Lipinski definition) is 6. The second-order valence-electron chi connectivity index (χ2n) is 6.61. The summed E-state index contributed by atoms with van der Waals surface area (Å²) in [6, 6.07) is 15.4. The molecule has 0 unspecified atom stereocenters. The number of aromatic nitrogens is 1. The lowest BCUT2D eigenvalue weighted by atomic mass is 10.2. The van der Waals surface area contributed by atoms with E-state index in [1.807, 2.05) is 62.4 Å². The molecule has 2 heterocycles. The summed E-state index contributed by atoms with van der Waals surface area (Å²) in [5.41, 5.74) is 2.64. The van der Waals surface area contributed by atoms with Crippen LogP contribution in [0.3, 0.4) is 0 Å². The molecule has 0 saturated carbocycles. The normalized spacial score (nSPS) is 18.0. The molecule has 4 rings (SSSR count). The fourth-order valence-electron chi connectivity index (χ4n) is 3.09. The number of thiazole rings is 1. The molecule has 29 heavy (non-hydrogen) atoms. The van der Waals surface area contributed by atoms with Gasteiger partial charge in [0, 0.05) is 18.7 Å². The number of carbonyl (C=O) groups is 2. The number of para-hydroxylation sites is 2. The Balaban J connectivity index is 1.50. The van der Waals surface area contributed by atoms with E-state index in [2.05, 4.69) is 15.3 Å². The first-order chi connectivity index (χ1) is 14.0. The Morgan fingerprint density at radius 3 is 2.72 bits per heavy atom. The highest BCUT2D eigenvalue weighted by atomic mass is 32.2. The highest BCUT2D eigenvalue weighted by molar-refractivity contribution is 8.15. The lowest BCUT2D eigenvalue weighted by Crippen LogP contribution is -2.33. The number of amides is 2. The zero-order valence-corrected chi connectivity index (χ0v) is 17.7. The number of anilines is 1. The average Bonchev–Trinajstić information content (AvgIpc) is 3.24. The van der Waals surface area contributed by atoms with E-state index in [9.17, 15) is 9.59 Å². The molecule has 1 fully saturated rings. The predicted octanol–water partition coefficient (Wildman–Crippen LogP) is 4.58. The number of hydrogen-bond donors (Lipinski definition) is 1. The number of fused-ring (bicyclic) bond motifs is 1. The van der Waals surface area contributed by atoms with Gasteiger partial charge < -0.3 is 5.32 Å². The van der Waals surface area contributed by atoms with Gasteiger partial charge in [-0.05, 0) is 37.6 Å². The number of nitrogens with zero attached hydrogens (tertiary/aromatic N) is 3. The molecule has 0 bridgehead atoms. The maximum absolute atomic E-state index is 12.8. The van der Waals surface area contributed by atoms with E-state index in [-0.39, 0.29) is 18.2 Å². The molecule has 0 spiro atoms. The molecule has 0 aliphatic carbocycles. The van der Waals surface area contributed by atoms with Gasteiger partial charge in [-0.15, -0.1) is 0 Å². The van der Waals surface area contributed by atoms with E-state index < -0.39 is 5.25 Å². The zero-order valence-electron chi connectivity index (χ0n) is 16.1. The molecule has 2 amide bonds. The summed E-state index contributed by atoms with van der Waals surface area (Å²) in [6.45, 7) is 4.35. The number of thioether (sulfide) groups is 1. The van der Waals surface area contributed by atoms with Crippen LogP contribution in [0.4, 0.5) is 10.8 Å². The number of nitrogens with one attached hydrogen (secondary N) is 1. The van der Waals surface area contributed by atoms with Crippen LogP contribution in [0, 0.1) is 6.92 Å². The highest BCUT2D eigenvalue weighted by Gasteiger charge is 2.38. The van der Waals surface area contributed by atoms with Gasteiger partial charge in [0.2, 0.25) is 16.9 Å². The van der Waals surface area contributed by atoms with Gasteiger partial charge in [-0.3, -0.25) is 14.5 Å². The summed E-state index contributed by atoms with van der Waals surface area (Å²) in [4.78, 5) is 36.1. The third-order valence-corrected chi connectivity index (χ3v) is 6.71. The van der Waals surface area contributed by atoms with Crippen LogP contribution in [0.25, 0.3) is 10.2 Å². The molecule has 6 nitrogen and oxygen atoms in total. The van der Waals surface area contributed by atoms with E-state index in [0.717, 1.165) is 21.5 Å². The SMILES string of the molecule is CCN1C(=O)[C@H](CC(=O)Nc2ccccc2C)SC1=Nc1nc2ccccc2s1. The minimum atomic E-state index is -0.480. The summed E-state index contributed by atoms with van der Waals surface area (Å²) in [6.07, 6.45) is 0.104. The van der Waals surface area contributed by atoms with Gasteiger partial charge in [0.15, 0.2) is 5.17 Å². The molecular formula is C21H20N4O2S2. The van der Waals surface area contributed by atoms with Crippen molar-refractivity contribution in [2.45, 2.75) is 25.5 Å². The van der Waals surface area contributed by atoms with Crippen molar-refractivity contribution in [3.8, 4) is 0 Å². The molecule has 0 radical (unpaired) electrons. The Labute approximate surface area is 177 Å². The smallest absolute Gasteiger partial charge is 0.242 e. The monoisotopic (exact) mass is 424 g/mol. The summed E-state index contributed by atoms with van der Waals surface area (Å²) in [5, 5.41) is 3.64. The standard InChI is InChI=1S/C21H20N4O2S2/c1-3-25-19(27)17(12-18(26)22-14-9-5-4-8-13(14)2)29-21(25)24-20-23-15-10-6-7-11-16(15)28-20/h4-11,17H,3,12H2,1-2H3,(H,22,26)/t17-/m0/s1. The third-order valence-electron chi connectivity index (χ3n) is 4.60. The summed E-state index contributed by atoms with van der Waals surface area (Å²) in [7, 11) is 0. The molecule has 1 atom stereocenters. The first-order valence-electron chi connectivity index (χ1n) is 9.33. The Hall–Kier alpha value is -2.71. The van der Waals surface area contributed by atoms with E-state index in [1.54, 1.807) is 4.90 Å². The van der Waals surface area contributed by atoms with E-state index in [4.69, 9.17) is 0 Å². The predicted molar refractivity (Wildman–Crippen MR) is 120 cm³/mol.